The summed E-state index contributed by atoms with van der Waals surface area (Å²) in [4.78, 5) is 9.09. The predicted octanol–water partition coefficient (Wildman–Crippen LogP) is 2.04. The monoisotopic (exact) mass is 379 g/mol. The maximum atomic E-state index is 5.21. The lowest BCUT2D eigenvalue weighted by Gasteiger charge is -2.04. The summed E-state index contributed by atoms with van der Waals surface area (Å²) in [6.07, 6.45) is 7.08. The molecule has 4 rings (SSSR count). The predicted molar refractivity (Wildman–Crippen MR) is 103 cm³/mol. The molecule has 144 valence electrons. The number of nitrogens with zero attached hydrogens (tertiary/aromatic N) is 7. The summed E-state index contributed by atoms with van der Waals surface area (Å²) in [6.45, 7) is 1.54. The van der Waals surface area contributed by atoms with E-state index in [1.165, 1.54) is 0 Å². The third-order valence-corrected chi connectivity index (χ3v) is 4.34. The van der Waals surface area contributed by atoms with E-state index in [2.05, 4.69) is 25.4 Å². The van der Waals surface area contributed by atoms with E-state index in [0.29, 0.717) is 23.4 Å². The van der Waals surface area contributed by atoms with Crippen LogP contribution in [0, 0.1) is 0 Å². The molecule has 0 bridgehead atoms. The zero-order chi connectivity index (χ0) is 19.3. The highest BCUT2D eigenvalue weighted by Crippen LogP contribution is 2.18. The van der Waals surface area contributed by atoms with Crippen molar-refractivity contribution in [1.29, 1.82) is 0 Å². The number of aryl methyl sites for hydroxylation is 1. The molecule has 0 amide bonds. The van der Waals surface area contributed by atoms with Gasteiger partial charge in [-0.3, -0.25) is 4.68 Å². The zero-order valence-corrected chi connectivity index (χ0v) is 15.8. The molecule has 0 aliphatic rings. The van der Waals surface area contributed by atoms with Gasteiger partial charge in [0.15, 0.2) is 11.2 Å². The van der Waals surface area contributed by atoms with Crippen LogP contribution in [0.2, 0.25) is 0 Å². The van der Waals surface area contributed by atoms with Gasteiger partial charge in [0, 0.05) is 32.9 Å². The normalized spacial score (nSPS) is 11.2. The van der Waals surface area contributed by atoms with Gasteiger partial charge in [-0.15, -0.1) is 5.10 Å². The molecule has 9 heteroatoms. The molecule has 0 saturated carbocycles. The lowest BCUT2D eigenvalue weighted by atomic mass is 10.2. The molecule has 0 aliphatic carbocycles. The number of fused-ring (bicyclic) bond motifs is 1. The van der Waals surface area contributed by atoms with Crippen molar-refractivity contribution in [2.24, 2.45) is 0 Å². The van der Waals surface area contributed by atoms with Crippen LogP contribution in [0.25, 0.3) is 16.9 Å². The average molecular weight is 379 g/mol. The Labute approximate surface area is 161 Å². The van der Waals surface area contributed by atoms with Crippen molar-refractivity contribution < 1.29 is 9.47 Å². The van der Waals surface area contributed by atoms with Gasteiger partial charge in [0.05, 0.1) is 25.2 Å². The van der Waals surface area contributed by atoms with Crippen LogP contribution >= 0.6 is 0 Å². The summed E-state index contributed by atoms with van der Waals surface area (Å²) in [5, 5.41) is 12.8. The minimum Gasteiger partial charge on any atom is -0.497 e. The Hall–Kier alpha value is -3.33. The minimum atomic E-state index is 0.591. The van der Waals surface area contributed by atoms with E-state index in [0.717, 1.165) is 36.6 Å². The molecule has 0 unspecified atom stereocenters. The van der Waals surface area contributed by atoms with Crippen molar-refractivity contribution in [3.05, 3.63) is 54.2 Å². The van der Waals surface area contributed by atoms with E-state index < -0.39 is 0 Å². The Morgan fingerprint density at radius 1 is 1.07 bits per heavy atom. The van der Waals surface area contributed by atoms with Crippen LogP contribution in [0.15, 0.2) is 42.9 Å². The number of aromatic nitrogens is 7. The van der Waals surface area contributed by atoms with E-state index in [1.54, 1.807) is 25.1 Å². The molecule has 0 spiro atoms. The Morgan fingerprint density at radius 2 is 1.93 bits per heavy atom. The first-order valence-corrected chi connectivity index (χ1v) is 8.99. The molecule has 0 aliphatic heterocycles. The topological polar surface area (TPSA) is 92.8 Å². The summed E-state index contributed by atoms with van der Waals surface area (Å²) in [6, 6.07) is 7.59. The van der Waals surface area contributed by atoms with E-state index in [9.17, 15) is 0 Å². The van der Waals surface area contributed by atoms with Gasteiger partial charge < -0.3 is 9.47 Å². The van der Waals surface area contributed by atoms with Crippen molar-refractivity contribution in [2.45, 2.75) is 19.4 Å². The van der Waals surface area contributed by atoms with Gasteiger partial charge in [-0.25, -0.2) is 9.97 Å². The Morgan fingerprint density at radius 3 is 2.71 bits per heavy atom. The van der Waals surface area contributed by atoms with E-state index >= 15 is 0 Å². The van der Waals surface area contributed by atoms with Gasteiger partial charge in [-0.05, 0) is 36.2 Å². The fourth-order valence-electron chi connectivity index (χ4n) is 2.92. The van der Waals surface area contributed by atoms with Crippen LogP contribution in [0.5, 0.6) is 5.75 Å². The fraction of sp³-hybridized carbons (Fsp3) is 0.316. The summed E-state index contributed by atoms with van der Waals surface area (Å²) in [5.41, 5.74) is 3.23. The van der Waals surface area contributed by atoms with Gasteiger partial charge >= 0.3 is 0 Å². The van der Waals surface area contributed by atoms with Crippen LogP contribution in [-0.2, 0) is 17.7 Å². The molecule has 0 N–H and O–H groups in total. The average Bonchev–Trinajstić information content (AvgIpc) is 3.35. The van der Waals surface area contributed by atoms with Crippen molar-refractivity contribution >= 4 is 11.2 Å². The second-order valence-corrected chi connectivity index (χ2v) is 6.33. The molecule has 3 heterocycles. The second kappa shape index (κ2) is 8.13. The van der Waals surface area contributed by atoms with Crippen molar-refractivity contribution in [3.63, 3.8) is 0 Å². The summed E-state index contributed by atoms with van der Waals surface area (Å²) in [7, 11) is 3.34. The molecule has 9 nitrogen and oxygen atoms in total. The smallest absolute Gasteiger partial charge is 0.187 e. The SMILES string of the molecule is COCCCn1cc(Cc2ncc3nnn(-c4ccc(OC)cc4)c3n2)cn1. The highest BCUT2D eigenvalue weighted by molar-refractivity contribution is 5.70. The molecule has 0 saturated heterocycles. The van der Waals surface area contributed by atoms with Crippen LogP contribution in [0.3, 0.4) is 0 Å². The van der Waals surface area contributed by atoms with Gasteiger partial charge in [-0.2, -0.15) is 9.78 Å². The zero-order valence-electron chi connectivity index (χ0n) is 15.8. The highest BCUT2D eigenvalue weighted by atomic mass is 16.5. The van der Waals surface area contributed by atoms with E-state index in [1.807, 2.05) is 41.3 Å². The van der Waals surface area contributed by atoms with Crippen molar-refractivity contribution in [3.8, 4) is 11.4 Å². The highest BCUT2D eigenvalue weighted by Gasteiger charge is 2.11. The number of ether oxygens (including phenoxy) is 2. The molecule has 0 radical (unpaired) electrons. The minimum absolute atomic E-state index is 0.591. The number of hydrogen-bond donors (Lipinski definition) is 0. The van der Waals surface area contributed by atoms with Crippen LogP contribution in [0.4, 0.5) is 0 Å². The first-order valence-electron chi connectivity index (χ1n) is 8.99. The Bertz CT molecular complexity index is 1060. The van der Waals surface area contributed by atoms with Gasteiger partial charge in [-0.1, -0.05) is 5.21 Å². The summed E-state index contributed by atoms with van der Waals surface area (Å²) < 4.78 is 13.9. The largest absolute Gasteiger partial charge is 0.497 e. The molecular formula is C19H21N7O2. The fourth-order valence-corrected chi connectivity index (χ4v) is 2.92. The quantitative estimate of drug-likeness (QED) is 0.433. The van der Waals surface area contributed by atoms with Crippen LogP contribution in [0.1, 0.15) is 17.8 Å². The van der Waals surface area contributed by atoms with Gasteiger partial charge in [0.25, 0.3) is 0 Å². The molecular weight excluding hydrogens is 358 g/mol. The van der Waals surface area contributed by atoms with Crippen molar-refractivity contribution in [1.82, 2.24) is 34.7 Å². The molecule has 28 heavy (non-hydrogen) atoms. The van der Waals surface area contributed by atoms with E-state index in [4.69, 9.17) is 9.47 Å². The third kappa shape index (κ3) is 3.84. The first-order chi connectivity index (χ1) is 13.8. The number of methoxy groups -OCH3 is 2. The summed E-state index contributed by atoms with van der Waals surface area (Å²) >= 11 is 0. The molecule has 0 atom stereocenters. The maximum Gasteiger partial charge on any atom is 0.187 e. The van der Waals surface area contributed by atoms with E-state index in [-0.39, 0.29) is 0 Å². The first kappa shape index (κ1) is 18.1. The third-order valence-electron chi connectivity index (χ3n) is 4.34. The van der Waals surface area contributed by atoms with Crippen molar-refractivity contribution in [2.75, 3.05) is 20.8 Å². The lowest BCUT2D eigenvalue weighted by Crippen LogP contribution is -2.02. The Kier molecular flexibility index (Phi) is 5.24. The number of rotatable bonds is 8. The number of benzene rings is 1. The summed E-state index contributed by atoms with van der Waals surface area (Å²) in [5.74, 6) is 1.48. The molecule has 0 fully saturated rings. The van der Waals surface area contributed by atoms with Crippen LogP contribution < -0.4 is 4.74 Å². The van der Waals surface area contributed by atoms with Gasteiger partial charge in [0.2, 0.25) is 0 Å². The van der Waals surface area contributed by atoms with Gasteiger partial charge in [0.1, 0.15) is 11.6 Å². The van der Waals surface area contributed by atoms with Crippen LogP contribution in [-0.4, -0.2) is 55.6 Å². The number of hydrogen-bond acceptors (Lipinski definition) is 7. The standard InChI is InChI=1S/C19H21N7O2/c1-27-9-3-8-25-13-14(11-21-25)10-18-20-12-17-19(22-18)26(24-23-17)15-4-6-16(28-2)7-5-15/h4-7,11-13H,3,8-10H2,1-2H3. The molecule has 4 aromatic rings. The molecule has 1 aromatic carbocycles. The second-order valence-electron chi connectivity index (χ2n) is 6.33. The maximum absolute atomic E-state index is 5.21. The Balaban J connectivity index is 1.55. The molecule has 3 aromatic heterocycles. The lowest BCUT2D eigenvalue weighted by molar-refractivity contribution is 0.189.